The Balaban J connectivity index is 1.92. The van der Waals surface area contributed by atoms with Crippen molar-refractivity contribution in [2.24, 2.45) is 4.99 Å². The van der Waals surface area contributed by atoms with Crippen LogP contribution in [0.3, 0.4) is 0 Å². The zero-order chi connectivity index (χ0) is 20.5. The second-order valence-corrected chi connectivity index (χ2v) is 6.82. The molecule has 0 saturated heterocycles. The van der Waals surface area contributed by atoms with Crippen molar-refractivity contribution in [3.63, 3.8) is 0 Å². The molecule has 0 radical (unpaired) electrons. The van der Waals surface area contributed by atoms with Gasteiger partial charge in [0.25, 0.3) is 0 Å². The largest absolute Gasteiger partial charge is 0.434 e. The number of hydrogen-bond acceptors (Lipinski definition) is 3. The number of aryl methyl sites for hydroxylation is 1. The lowest BCUT2D eigenvalue weighted by Gasteiger charge is -2.15. The van der Waals surface area contributed by atoms with E-state index < -0.39 is 6.61 Å². The Morgan fingerprint density at radius 1 is 1.04 bits per heavy atom. The first-order valence-electron chi connectivity index (χ1n) is 9.08. The Hall–Kier alpha value is -2.67. The lowest BCUT2D eigenvalue weighted by molar-refractivity contribution is -0.0504. The molecule has 2 aromatic carbocycles. The molecule has 0 bridgehead atoms. The molecule has 0 aliphatic heterocycles. The summed E-state index contributed by atoms with van der Waals surface area (Å²) < 4.78 is 29.8. The third-order valence-corrected chi connectivity index (χ3v) is 4.08. The van der Waals surface area contributed by atoms with E-state index >= 15 is 0 Å². The number of nitrogens with one attached hydrogen (secondary N) is 2. The van der Waals surface area contributed by atoms with Crippen LogP contribution in [0, 0.1) is 6.92 Å². The summed E-state index contributed by atoms with van der Waals surface area (Å²) in [5.74, 6) is 0.752. The van der Waals surface area contributed by atoms with Crippen molar-refractivity contribution in [2.75, 3.05) is 21.1 Å². The maximum absolute atomic E-state index is 12.6. The van der Waals surface area contributed by atoms with Gasteiger partial charge in [-0.2, -0.15) is 8.78 Å². The number of rotatable bonds is 8. The first-order valence-corrected chi connectivity index (χ1v) is 9.08. The SMILES string of the molecule is CN=C(NCc1ccc(CN(C)C)cc1)NCc1cc(C)ccc1OC(F)F. The standard InChI is InChI=1S/C21H28F2N4O/c1-15-5-10-19(28-20(22)23)18(11-15)13-26-21(24-2)25-12-16-6-8-17(9-7-16)14-27(3)4/h5-11,20H,12-14H2,1-4H3,(H2,24,25,26). The fourth-order valence-corrected chi connectivity index (χ4v) is 2.77. The monoisotopic (exact) mass is 390 g/mol. The number of alkyl halides is 2. The number of guanidine groups is 1. The van der Waals surface area contributed by atoms with Crippen molar-refractivity contribution >= 4 is 5.96 Å². The average Bonchev–Trinajstić information content (AvgIpc) is 2.64. The maximum Gasteiger partial charge on any atom is 0.387 e. The average molecular weight is 390 g/mol. The molecule has 0 aliphatic carbocycles. The number of halogens is 2. The molecule has 152 valence electrons. The third-order valence-electron chi connectivity index (χ3n) is 4.08. The Morgan fingerprint density at radius 2 is 1.68 bits per heavy atom. The molecule has 0 atom stereocenters. The maximum atomic E-state index is 12.6. The van der Waals surface area contributed by atoms with Gasteiger partial charge in [-0.15, -0.1) is 0 Å². The predicted octanol–water partition coefficient (Wildman–Crippen LogP) is 3.52. The summed E-state index contributed by atoms with van der Waals surface area (Å²) in [6, 6.07) is 13.5. The van der Waals surface area contributed by atoms with Crippen molar-refractivity contribution < 1.29 is 13.5 Å². The van der Waals surface area contributed by atoms with Gasteiger partial charge < -0.3 is 20.3 Å². The van der Waals surface area contributed by atoms with Crippen molar-refractivity contribution in [3.05, 3.63) is 64.7 Å². The summed E-state index contributed by atoms with van der Waals surface area (Å²) in [4.78, 5) is 6.31. The van der Waals surface area contributed by atoms with Crippen molar-refractivity contribution in [1.82, 2.24) is 15.5 Å². The van der Waals surface area contributed by atoms with Gasteiger partial charge in [0.1, 0.15) is 5.75 Å². The van der Waals surface area contributed by atoms with E-state index in [1.165, 1.54) is 5.56 Å². The molecule has 2 N–H and O–H groups in total. The van der Waals surface area contributed by atoms with Gasteiger partial charge in [0.15, 0.2) is 5.96 Å². The minimum Gasteiger partial charge on any atom is -0.434 e. The van der Waals surface area contributed by atoms with Crippen molar-refractivity contribution in [1.29, 1.82) is 0 Å². The van der Waals surface area contributed by atoms with Gasteiger partial charge in [-0.25, -0.2) is 0 Å². The van der Waals surface area contributed by atoms with E-state index in [-0.39, 0.29) is 5.75 Å². The van der Waals surface area contributed by atoms with E-state index in [1.54, 1.807) is 19.2 Å². The summed E-state index contributed by atoms with van der Waals surface area (Å²) >= 11 is 0. The highest BCUT2D eigenvalue weighted by atomic mass is 19.3. The molecule has 7 heteroatoms. The Kier molecular flexibility index (Phi) is 8.19. The first-order chi connectivity index (χ1) is 13.4. The van der Waals surface area contributed by atoms with Crippen LogP contribution in [-0.2, 0) is 19.6 Å². The quantitative estimate of drug-likeness (QED) is 0.535. The number of ether oxygens (including phenoxy) is 1. The van der Waals surface area contributed by atoms with Gasteiger partial charge in [-0.1, -0.05) is 42.0 Å². The topological polar surface area (TPSA) is 48.9 Å². The summed E-state index contributed by atoms with van der Waals surface area (Å²) in [6.45, 7) is 0.884. The third kappa shape index (κ3) is 7.15. The lowest BCUT2D eigenvalue weighted by Crippen LogP contribution is -2.36. The fraction of sp³-hybridized carbons (Fsp3) is 0.381. The smallest absolute Gasteiger partial charge is 0.387 e. The number of aliphatic imine (C=N–C) groups is 1. The molecule has 0 aliphatic rings. The molecule has 0 spiro atoms. The zero-order valence-corrected chi connectivity index (χ0v) is 16.8. The van der Waals surface area contributed by atoms with Crippen molar-refractivity contribution in [3.8, 4) is 5.75 Å². The highest BCUT2D eigenvalue weighted by Crippen LogP contribution is 2.22. The van der Waals surface area contributed by atoms with E-state index in [2.05, 4.69) is 49.5 Å². The Morgan fingerprint density at radius 3 is 2.29 bits per heavy atom. The van der Waals surface area contributed by atoms with Crippen molar-refractivity contribution in [2.45, 2.75) is 33.2 Å². The van der Waals surface area contributed by atoms with E-state index in [0.717, 1.165) is 17.7 Å². The molecular weight excluding hydrogens is 362 g/mol. The molecule has 0 heterocycles. The molecule has 2 aromatic rings. The molecule has 0 amide bonds. The molecular formula is C21H28F2N4O. The summed E-state index contributed by atoms with van der Waals surface area (Å²) in [7, 11) is 5.75. The van der Waals surface area contributed by atoms with Crippen LogP contribution in [0.4, 0.5) is 8.78 Å². The molecule has 28 heavy (non-hydrogen) atoms. The van der Waals surface area contributed by atoms with Gasteiger partial charge in [0, 0.05) is 32.2 Å². The minimum absolute atomic E-state index is 0.167. The molecule has 0 fully saturated rings. The highest BCUT2D eigenvalue weighted by molar-refractivity contribution is 5.79. The predicted molar refractivity (Wildman–Crippen MR) is 109 cm³/mol. The van der Waals surface area contributed by atoms with Gasteiger partial charge in [0.2, 0.25) is 0 Å². The van der Waals surface area contributed by atoms with E-state index in [4.69, 9.17) is 0 Å². The van der Waals surface area contributed by atoms with Gasteiger partial charge in [0.05, 0.1) is 0 Å². The molecule has 2 rings (SSSR count). The summed E-state index contributed by atoms with van der Waals surface area (Å²) in [6.07, 6.45) is 0. The number of nitrogens with zero attached hydrogens (tertiary/aromatic N) is 2. The van der Waals surface area contributed by atoms with Gasteiger partial charge >= 0.3 is 6.61 Å². The fourth-order valence-electron chi connectivity index (χ4n) is 2.77. The lowest BCUT2D eigenvalue weighted by atomic mass is 10.1. The van der Waals surface area contributed by atoms with E-state index in [0.29, 0.717) is 24.6 Å². The molecule has 5 nitrogen and oxygen atoms in total. The summed E-state index contributed by atoms with van der Waals surface area (Å²) in [5, 5.41) is 6.37. The summed E-state index contributed by atoms with van der Waals surface area (Å²) in [5.41, 5.74) is 4.00. The Labute approximate surface area is 165 Å². The Bertz CT molecular complexity index is 776. The van der Waals surface area contributed by atoms with Crippen LogP contribution in [0.5, 0.6) is 5.75 Å². The van der Waals surface area contributed by atoms with Crippen LogP contribution in [0.25, 0.3) is 0 Å². The van der Waals surface area contributed by atoms with Crippen LogP contribution < -0.4 is 15.4 Å². The molecule has 0 unspecified atom stereocenters. The molecule has 0 saturated carbocycles. The second kappa shape index (κ2) is 10.6. The van der Waals surface area contributed by atoms with Crippen LogP contribution in [0.15, 0.2) is 47.5 Å². The van der Waals surface area contributed by atoms with Crippen LogP contribution in [-0.4, -0.2) is 38.6 Å². The normalized spacial score (nSPS) is 11.8. The zero-order valence-electron chi connectivity index (χ0n) is 16.8. The van der Waals surface area contributed by atoms with Gasteiger partial charge in [-0.05, 0) is 38.2 Å². The number of benzene rings is 2. The van der Waals surface area contributed by atoms with Crippen LogP contribution >= 0.6 is 0 Å². The van der Waals surface area contributed by atoms with Crippen LogP contribution in [0.2, 0.25) is 0 Å². The van der Waals surface area contributed by atoms with Crippen LogP contribution in [0.1, 0.15) is 22.3 Å². The first kappa shape index (κ1) is 21.6. The molecule has 0 aromatic heterocycles. The second-order valence-electron chi connectivity index (χ2n) is 6.82. The van der Waals surface area contributed by atoms with E-state index in [9.17, 15) is 8.78 Å². The minimum atomic E-state index is -2.85. The number of hydrogen-bond donors (Lipinski definition) is 2. The van der Waals surface area contributed by atoms with Gasteiger partial charge in [-0.3, -0.25) is 4.99 Å². The highest BCUT2D eigenvalue weighted by Gasteiger charge is 2.10. The van der Waals surface area contributed by atoms with E-state index in [1.807, 2.05) is 27.1 Å².